The molecule has 1 N–H and O–H groups in total. The van der Waals surface area contributed by atoms with E-state index >= 15 is 0 Å². The Kier molecular flexibility index (Phi) is 2.51. The molecule has 0 spiro atoms. The highest BCUT2D eigenvalue weighted by atomic mass is 32.1. The monoisotopic (exact) mass is 212 g/mol. The van der Waals surface area contributed by atoms with Crippen molar-refractivity contribution in [1.82, 2.24) is 14.6 Å². The van der Waals surface area contributed by atoms with Crippen molar-refractivity contribution in [1.29, 1.82) is 0 Å². The molecule has 0 aliphatic heterocycles. The predicted octanol–water partition coefficient (Wildman–Crippen LogP) is 1.92. The molecule has 2 aromatic heterocycles. The number of nitrogens with zero attached hydrogens (tertiary/aromatic N) is 3. The van der Waals surface area contributed by atoms with Crippen molar-refractivity contribution in [2.75, 3.05) is 5.32 Å². The Labute approximate surface area is 83.8 Å². The van der Waals surface area contributed by atoms with E-state index in [9.17, 15) is 0 Å². The van der Waals surface area contributed by atoms with Crippen LogP contribution in [0.3, 0.4) is 0 Å². The molecule has 0 bridgehead atoms. The number of thiazole rings is 1. The summed E-state index contributed by atoms with van der Waals surface area (Å²) in [6.07, 6.45) is 1.78. The molecule has 2 aromatic rings. The molecule has 2 rings (SSSR count). The summed E-state index contributed by atoms with van der Waals surface area (Å²) in [5.41, 5.74) is 0.994. The van der Waals surface area contributed by atoms with Crippen LogP contribution in [-0.4, -0.2) is 14.6 Å². The van der Waals surface area contributed by atoms with Gasteiger partial charge in [-0.1, -0.05) is 4.49 Å². The zero-order valence-corrected chi connectivity index (χ0v) is 8.65. The van der Waals surface area contributed by atoms with Crippen LogP contribution >= 0.6 is 22.9 Å². The minimum Gasteiger partial charge on any atom is -0.356 e. The lowest BCUT2D eigenvalue weighted by molar-refractivity contribution is 1.05. The minimum atomic E-state index is 0.761. The molecule has 0 saturated heterocycles. The Balaban J connectivity index is 1.97. The Morgan fingerprint density at radius 3 is 3.08 bits per heavy atom. The van der Waals surface area contributed by atoms with Crippen LogP contribution in [-0.2, 0) is 6.54 Å². The summed E-state index contributed by atoms with van der Waals surface area (Å²) in [5, 5.41) is 10.0. The van der Waals surface area contributed by atoms with Gasteiger partial charge in [0.05, 0.1) is 17.1 Å². The van der Waals surface area contributed by atoms with Gasteiger partial charge in [0.15, 0.2) is 5.13 Å². The molecule has 0 saturated carbocycles. The first-order valence-corrected chi connectivity index (χ1v) is 5.43. The second-order valence-corrected chi connectivity index (χ2v) is 4.21. The lowest BCUT2D eigenvalue weighted by Gasteiger charge is -1.98. The molecule has 13 heavy (non-hydrogen) atoms. The van der Waals surface area contributed by atoms with Gasteiger partial charge in [-0.2, -0.15) is 0 Å². The van der Waals surface area contributed by atoms with E-state index in [0.29, 0.717) is 0 Å². The molecule has 0 unspecified atom stereocenters. The Bertz CT molecular complexity index is 368. The number of rotatable bonds is 3. The van der Waals surface area contributed by atoms with Crippen LogP contribution in [0.1, 0.15) is 10.6 Å². The third-order valence-electron chi connectivity index (χ3n) is 1.58. The highest BCUT2D eigenvalue weighted by Crippen LogP contribution is 2.14. The maximum Gasteiger partial charge on any atom is 0.182 e. The molecule has 68 valence electrons. The molecule has 6 heteroatoms. The maximum atomic E-state index is 4.12. The van der Waals surface area contributed by atoms with Gasteiger partial charge in [-0.15, -0.1) is 16.4 Å². The lowest BCUT2D eigenvalue weighted by Crippen LogP contribution is -1.97. The molecule has 0 aliphatic rings. The van der Waals surface area contributed by atoms with Gasteiger partial charge in [0.2, 0.25) is 0 Å². The van der Waals surface area contributed by atoms with E-state index in [-0.39, 0.29) is 0 Å². The van der Waals surface area contributed by atoms with Crippen molar-refractivity contribution >= 4 is 28.0 Å². The van der Waals surface area contributed by atoms with Crippen molar-refractivity contribution in [2.24, 2.45) is 0 Å². The highest BCUT2D eigenvalue weighted by Gasteiger charge is 2.02. The van der Waals surface area contributed by atoms with E-state index in [1.165, 1.54) is 11.5 Å². The van der Waals surface area contributed by atoms with Crippen LogP contribution in [0, 0.1) is 6.92 Å². The first kappa shape index (κ1) is 8.58. The van der Waals surface area contributed by atoms with Crippen LogP contribution in [0.2, 0.25) is 0 Å². The summed E-state index contributed by atoms with van der Waals surface area (Å²) in [4.78, 5) is 5.28. The SMILES string of the molecule is Cc1nnsc1CNc1nccs1. The molecule has 0 amide bonds. The van der Waals surface area contributed by atoms with Crippen molar-refractivity contribution in [2.45, 2.75) is 13.5 Å². The first-order valence-electron chi connectivity index (χ1n) is 3.77. The average molecular weight is 212 g/mol. The normalized spacial score (nSPS) is 10.2. The number of nitrogens with one attached hydrogen (secondary N) is 1. The summed E-state index contributed by atoms with van der Waals surface area (Å²) in [5.74, 6) is 0. The van der Waals surface area contributed by atoms with Crippen LogP contribution in [0.25, 0.3) is 0 Å². The number of aryl methyl sites for hydroxylation is 1. The standard InChI is InChI=1S/C7H8N4S2/c1-5-6(13-11-10-5)4-9-7-8-2-3-12-7/h2-3H,4H2,1H3,(H,8,9). The van der Waals surface area contributed by atoms with Gasteiger partial charge in [0.1, 0.15) is 0 Å². The summed E-state index contributed by atoms with van der Waals surface area (Å²) in [7, 11) is 0. The molecule has 4 nitrogen and oxygen atoms in total. The molecular formula is C7H8N4S2. The summed E-state index contributed by atoms with van der Waals surface area (Å²) >= 11 is 3.02. The predicted molar refractivity (Wildman–Crippen MR) is 54.1 cm³/mol. The fourth-order valence-corrected chi connectivity index (χ4v) is 1.98. The number of anilines is 1. The summed E-state index contributed by atoms with van der Waals surface area (Å²) in [6, 6.07) is 0. The molecule has 0 fully saturated rings. The van der Waals surface area contributed by atoms with Crippen molar-refractivity contribution < 1.29 is 0 Å². The fraction of sp³-hybridized carbons (Fsp3) is 0.286. The van der Waals surface area contributed by atoms with Crippen molar-refractivity contribution in [3.63, 3.8) is 0 Å². The van der Waals surface area contributed by atoms with Crippen LogP contribution in [0.5, 0.6) is 0 Å². The van der Waals surface area contributed by atoms with Gasteiger partial charge >= 0.3 is 0 Å². The van der Waals surface area contributed by atoms with Gasteiger partial charge in [-0.3, -0.25) is 0 Å². The van der Waals surface area contributed by atoms with Crippen LogP contribution in [0.15, 0.2) is 11.6 Å². The van der Waals surface area contributed by atoms with Crippen molar-refractivity contribution in [3.8, 4) is 0 Å². The van der Waals surface area contributed by atoms with Gasteiger partial charge in [-0.25, -0.2) is 4.98 Å². The molecule has 0 radical (unpaired) electrons. The topological polar surface area (TPSA) is 50.7 Å². The number of hydrogen-bond acceptors (Lipinski definition) is 6. The van der Waals surface area contributed by atoms with E-state index in [1.54, 1.807) is 17.5 Å². The quantitative estimate of drug-likeness (QED) is 0.844. The second kappa shape index (κ2) is 3.80. The molecule has 0 aliphatic carbocycles. The number of hydrogen-bond donors (Lipinski definition) is 1. The Morgan fingerprint density at radius 1 is 1.54 bits per heavy atom. The lowest BCUT2D eigenvalue weighted by atomic mass is 10.4. The first-order chi connectivity index (χ1) is 6.36. The largest absolute Gasteiger partial charge is 0.356 e. The van der Waals surface area contributed by atoms with Crippen LogP contribution < -0.4 is 5.32 Å². The summed E-state index contributed by atoms with van der Waals surface area (Å²) < 4.78 is 3.86. The Hall–Kier alpha value is -1.01. The van der Waals surface area contributed by atoms with E-state index in [2.05, 4.69) is 19.9 Å². The van der Waals surface area contributed by atoms with Crippen molar-refractivity contribution in [3.05, 3.63) is 22.1 Å². The highest BCUT2D eigenvalue weighted by molar-refractivity contribution is 7.13. The smallest absolute Gasteiger partial charge is 0.182 e. The van der Waals surface area contributed by atoms with Crippen LogP contribution in [0.4, 0.5) is 5.13 Å². The van der Waals surface area contributed by atoms with Gasteiger partial charge < -0.3 is 5.32 Å². The van der Waals surface area contributed by atoms with E-state index in [1.807, 2.05) is 12.3 Å². The van der Waals surface area contributed by atoms with E-state index in [0.717, 1.165) is 22.2 Å². The third kappa shape index (κ3) is 2.02. The van der Waals surface area contributed by atoms with E-state index in [4.69, 9.17) is 0 Å². The minimum absolute atomic E-state index is 0.761. The zero-order valence-electron chi connectivity index (χ0n) is 7.02. The number of aromatic nitrogens is 3. The van der Waals surface area contributed by atoms with Gasteiger partial charge in [-0.05, 0) is 18.5 Å². The molecule has 0 atom stereocenters. The van der Waals surface area contributed by atoms with Gasteiger partial charge in [0, 0.05) is 11.6 Å². The fourth-order valence-electron chi connectivity index (χ4n) is 0.880. The maximum absolute atomic E-state index is 4.12. The molecular weight excluding hydrogens is 204 g/mol. The second-order valence-electron chi connectivity index (χ2n) is 2.47. The average Bonchev–Trinajstić information content (AvgIpc) is 2.72. The Morgan fingerprint density at radius 2 is 2.46 bits per heavy atom. The third-order valence-corrected chi connectivity index (χ3v) is 3.13. The molecule has 2 heterocycles. The molecule has 0 aromatic carbocycles. The zero-order chi connectivity index (χ0) is 9.10. The van der Waals surface area contributed by atoms with E-state index < -0.39 is 0 Å². The van der Waals surface area contributed by atoms with Gasteiger partial charge in [0.25, 0.3) is 0 Å². The summed E-state index contributed by atoms with van der Waals surface area (Å²) in [6.45, 7) is 2.72.